The Morgan fingerprint density at radius 2 is 2.05 bits per heavy atom. The van der Waals surface area contributed by atoms with E-state index in [2.05, 4.69) is 5.10 Å². The van der Waals surface area contributed by atoms with Crippen molar-refractivity contribution in [1.82, 2.24) is 9.78 Å². The van der Waals surface area contributed by atoms with Crippen molar-refractivity contribution in [3.63, 3.8) is 0 Å². The van der Waals surface area contributed by atoms with Crippen LogP contribution in [0.2, 0.25) is 0 Å². The van der Waals surface area contributed by atoms with Gasteiger partial charge in [0.2, 0.25) is 0 Å². The lowest BCUT2D eigenvalue weighted by molar-refractivity contribution is -0.137. The second-order valence-electron chi connectivity index (χ2n) is 5.41. The molecule has 2 aromatic rings. The third kappa shape index (κ3) is 3.47. The van der Waals surface area contributed by atoms with Crippen LogP contribution < -0.4 is 0 Å². The van der Waals surface area contributed by atoms with Crippen molar-refractivity contribution < 1.29 is 23.1 Å². The first-order valence-electron chi connectivity index (χ1n) is 6.66. The molecule has 0 fully saturated rings. The first-order chi connectivity index (χ1) is 10.2. The minimum atomic E-state index is -4.56. The average molecular weight is 312 g/mol. The Morgan fingerprint density at radius 3 is 2.59 bits per heavy atom. The van der Waals surface area contributed by atoms with E-state index in [-0.39, 0.29) is 16.7 Å². The van der Waals surface area contributed by atoms with Crippen molar-refractivity contribution >= 4 is 5.97 Å². The third-order valence-corrected chi connectivity index (χ3v) is 3.07. The SMILES string of the molecule is CC(C)Cn1cc(-c2cc(C(=O)O)ccc2C(F)(F)F)cn1. The zero-order chi connectivity index (χ0) is 16.5. The summed E-state index contributed by atoms with van der Waals surface area (Å²) in [5.74, 6) is -0.982. The van der Waals surface area contributed by atoms with Crippen molar-refractivity contribution in [2.45, 2.75) is 26.6 Å². The van der Waals surface area contributed by atoms with Gasteiger partial charge in [0, 0.05) is 18.3 Å². The number of aromatic nitrogens is 2. The molecule has 0 radical (unpaired) electrons. The Bertz CT molecular complexity index is 690. The molecular formula is C15H15F3N2O2. The standard InChI is InChI=1S/C15H15F3N2O2/c1-9(2)7-20-8-11(6-19-20)12-5-10(14(21)22)3-4-13(12)15(16,17)18/h3-6,8-9H,7H2,1-2H3,(H,21,22). The number of benzene rings is 1. The zero-order valence-electron chi connectivity index (χ0n) is 12.1. The smallest absolute Gasteiger partial charge is 0.417 e. The molecule has 0 atom stereocenters. The number of hydrogen-bond acceptors (Lipinski definition) is 2. The van der Waals surface area contributed by atoms with Crippen LogP contribution >= 0.6 is 0 Å². The van der Waals surface area contributed by atoms with Crippen LogP contribution in [0, 0.1) is 5.92 Å². The van der Waals surface area contributed by atoms with E-state index in [0.717, 1.165) is 18.2 Å². The average Bonchev–Trinajstić information content (AvgIpc) is 2.84. The molecule has 0 bridgehead atoms. The highest BCUT2D eigenvalue weighted by atomic mass is 19.4. The van der Waals surface area contributed by atoms with Gasteiger partial charge in [-0.1, -0.05) is 13.8 Å². The van der Waals surface area contributed by atoms with E-state index in [0.29, 0.717) is 12.5 Å². The van der Waals surface area contributed by atoms with Crippen LogP contribution in [0.15, 0.2) is 30.6 Å². The molecule has 0 saturated carbocycles. The van der Waals surface area contributed by atoms with Gasteiger partial charge in [-0.25, -0.2) is 4.79 Å². The number of carboxylic acid groups (broad SMARTS) is 1. The normalized spacial score (nSPS) is 11.9. The molecule has 22 heavy (non-hydrogen) atoms. The fourth-order valence-electron chi connectivity index (χ4n) is 2.14. The molecule has 7 heteroatoms. The summed E-state index contributed by atoms with van der Waals surface area (Å²) in [6, 6.07) is 2.77. The predicted molar refractivity (Wildman–Crippen MR) is 74.5 cm³/mol. The highest BCUT2D eigenvalue weighted by Crippen LogP contribution is 2.37. The second kappa shape index (κ2) is 5.82. The Labute approximate surface area is 125 Å². The quantitative estimate of drug-likeness (QED) is 0.931. The third-order valence-electron chi connectivity index (χ3n) is 3.07. The molecule has 0 spiro atoms. The van der Waals surface area contributed by atoms with Crippen molar-refractivity contribution in [2.75, 3.05) is 0 Å². The van der Waals surface area contributed by atoms with Gasteiger partial charge in [-0.15, -0.1) is 0 Å². The number of halogens is 3. The number of nitrogens with zero attached hydrogens (tertiary/aromatic N) is 2. The van der Waals surface area contributed by atoms with E-state index < -0.39 is 17.7 Å². The predicted octanol–water partition coefficient (Wildman–Crippen LogP) is 3.92. The highest BCUT2D eigenvalue weighted by molar-refractivity contribution is 5.90. The molecule has 0 aliphatic heterocycles. The lowest BCUT2D eigenvalue weighted by Gasteiger charge is -2.12. The minimum Gasteiger partial charge on any atom is -0.478 e. The lowest BCUT2D eigenvalue weighted by atomic mass is 9.99. The molecule has 1 heterocycles. The van der Waals surface area contributed by atoms with Crippen molar-refractivity contribution in [2.24, 2.45) is 5.92 Å². The fraction of sp³-hybridized carbons (Fsp3) is 0.333. The molecule has 0 unspecified atom stereocenters. The minimum absolute atomic E-state index is 0.178. The molecule has 0 aliphatic rings. The Balaban J connectivity index is 2.53. The van der Waals surface area contributed by atoms with E-state index in [1.165, 1.54) is 12.4 Å². The summed E-state index contributed by atoms with van der Waals surface area (Å²) < 4.78 is 40.9. The van der Waals surface area contributed by atoms with Crippen LogP contribution in [0.1, 0.15) is 29.8 Å². The Kier molecular flexibility index (Phi) is 4.25. The topological polar surface area (TPSA) is 55.1 Å². The van der Waals surface area contributed by atoms with Crippen LogP contribution in [-0.4, -0.2) is 20.9 Å². The van der Waals surface area contributed by atoms with Gasteiger partial charge >= 0.3 is 12.1 Å². The number of rotatable bonds is 4. The molecule has 118 valence electrons. The first kappa shape index (κ1) is 16.1. The monoisotopic (exact) mass is 312 g/mol. The van der Waals surface area contributed by atoms with Gasteiger partial charge in [-0.3, -0.25) is 4.68 Å². The molecule has 2 rings (SSSR count). The number of aromatic carboxylic acids is 1. The van der Waals surface area contributed by atoms with Gasteiger partial charge in [0.25, 0.3) is 0 Å². The second-order valence-corrected chi connectivity index (χ2v) is 5.41. The summed E-state index contributed by atoms with van der Waals surface area (Å²) in [6.07, 6.45) is -1.75. The number of carbonyl (C=O) groups is 1. The van der Waals surface area contributed by atoms with Gasteiger partial charge in [0.15, 0.2) is 0 Å². The molecular weight excluding hydrogens is 297 g/mol. The van der Waals surface area contributed by atoms with E-state index in [1.807, 2.05) is 13.8 Å². The first-order valence-corrected chi connectivity index (χ1v) is 6.66. The van der Waals surface area contributed by atoms with Crippen molar-refractivity contribution in [3.05, 3.63) is 41.7 Å². The van der Waals surface area contributed by atoms with Gasteiger partial charge in [-0.05, 0) is 29.7 Å². The van der Waals surface area contributed by atoms with Crippen LogP contribution in [0.3, 0.4) is 0 Å². The summed E-state index contributed by atoms with van der Waals surface area (Å²) in [7, 11) is 0. The van der Waals surface area contributed by atoms with Gasteiger partial charge in [0.05, 0.1) is 17.3 Å². The molecule has 1 aromatic heterocycles. The van der Waals surface area contributed by atoms with Gasteiger partial charge in [-0.2, -0.15) is 18.3 Å². The largest absolute Gasteiger partial charge is 0.478 e. The summed E-state index contributed by atoms with van der Waals surface area (Å²) >= 11 is 0. The summed E-state index contributed by atoms with van der Waals surface area (Å²) in [6.45, 7) is 4.50. The van der Waals surface area contributed by atoms with E-state index >= 15 is 0 Å². The molecule has 1 N–H and O–H groups in total. The lowest BCUT2D eigenvalue weighted by Crippen LogP contribution is -2.09. The number of alkyl halides is 3. The summed E-state index contributed by atoms with van der Waals surface area (Å²) in [4.78, 5) is 11.0. The zero-order valence-corrected chi connectivity index (χ0v) is 12.1. The van der Waals surface area contributed by atoms with Crippen LogP contribution in [0.4, 0.5) is 13.2 Å². The van der Waals surface area contributed by atoms with Gasteiger partial charge in [0.1, 0.15) is 0 Å². The molecule has 0 amide bonds. The fourth-order valence-corrected chi connectivity index (χ4v) is 2.14. The molecule has 0 saturated heterocycles. The number of hydrogen-bond donors (Lipinski definition) is 1. The van der Waals surface area contributed by atoms with E-state index in [4.69, 9.17) is 5.11 Å². The van der Waals surface area contributed by atoms with Crippen LogP contribution in [0.25, 0.3) is 11.1 Å². The maximum absolute atomic E-state index is 13.1. The highest BCUT2D eigenvalue weighted by Gasteiger charge is 2.34. The van der Waals surface area contributed by atoms with E-state index in [1.54, 1.807) is 4.68 Å². The van der Waals surface area contributed by atoms with Gasteiger partial charge < -0.3 is 5.11 Å². The molecule has 4 nitrogen and oxygen atoms in total. The Hall–Kier alpha value is -2.31. The van der Waals surface area contributed by atoms with Crippen LogP contribution in [0.5, 0.6) is 0 Å². The summed E-state index contributed by atoms with van der Waals surface area (Å²) in [5.41, 5.74) is -1.00. The van der Waals surface area contributed by atoms with Crippen LogP contribution in [-0.2, 0) is 12.7 Å². The maximum atomic E-state index is 13.1. The maximum Gasteiger partial charge on any atom is 0.417 e. The molecule has 0 aliphatic carbocycles. The van der Waals surface area contributed by atoms with E-state index in [9.17, 15) is 18.0 Å². The van der Waals surface area contributed by atoms with Crippen molar-refractivity contribution in [1.29, 1.82) is 0 Å². The number of carboxylic acids is 1. The Morgan fingerprint density at radius 1 is 1.36 bits per heavy atom. The summed E-state index contributed by atoms with van der Waals surface area (Å²) in [5, 5.41) is 13.0. The molecule has 1 aromatic carbocycles. The van der Waals surface area contributed by atoms with Crippen molar-refractivity contribution in [3.8, 4) is 11.1 Å².